The highest BCUT2D eigenvalue weighted by Crippen LogP contribution is 2.42. The van der Waals surface area contributed by atoms with Crippen LogP contribution in [0, 0.1) is 6.92 Å². The van der Waals surface area contributed by atoms with Crippen molar-refractivity contribution in [1.82, 2.24) is 0 Å². The first-order chi connectivity index (χ1) is 11.9. The lowest BCUT2D eigenvalue weighted by Crippen LogP contribution is -2.32. The average Bonchev–Trinajstić information content (AvgIpc) is 2.73. The van der Waals surface area contributed by atoms with Gasteiger partial charge in [0, 0.05) is 20.0 Å². The van der Waals surface area contributed by atoms with E-state index in [1.807, 2.05) is 6.92 Å². The third kappa shape index (κ3) is 2.95. The summed E-state index contributed by atoms with van der Waals surface area (Å²) < 4.78 is 33.1. The normalized spacial score (nSPS) is 14.9. The van der Waals surface area contributed by atoms with Crippen molar-refractivity contribution in [3.8, 4) is 5.75 Å². The molecular weight excluding hydrogens is 340 g/mol. The molecule has 0 atom stereocenters. The lowest BCUT2D eigenvalue weighted by Gasteiger charge is -2.26. The fourth-order valence-electron chi connectivity index (χ4n) is 2.89. The van der Waals surface area contributed by atoms with Gasteiger partial charge in [0.25, 0.3) is 10.0 Å². The number of amides is 1. The number of methoxy groups -OCH3 is 1. The van der Waals surface area contributed by atoms with Gasteiger partial charge < -0.3 is 9.64 Å². The van der Waals surface area contributed by atoms with Gasteiger partial charge in [-0.15, -0.1) is 0 Å². The Bertz CT molecular complexity index is 907. The summed E-state index contributed by atoms with van der Waals surface area (Å²) in [6.45, 7) is 1.96. The van der Waals surface area contributed by atoms with Crippen molar-refractivity contribution in [3.63, 3.8) is 0 Å². The van der Waals surface area contributed by atoms with Gasteiger partial charge >= 0.3 is 0 Å². The van der Waals surface area contributed by atoms with E-state index in [0.29, 0.717) is 17.1 Å². The molecule has 0 spiro atoms. The molecule has 0 N–H and O–H groups in total. The van der Waals surface area contributed by atoms with E-state index in [0.717, 1.165) is 5.56 Å². The van der Waals surface area contributed by atoms with E-state index in [9.17, 15) is 13.2 Å². The number of hydrogen-bond acceptors (Lipinski definition) is 4. The molecule has 3 rings (SSSR count). The zero-order valence-corrected chi connectivity index (χ0v) is 15.2. The molecule has 1 aliphatic heterocycles. The van der Waals surface area contributed by atoms with Gasteiger partial charge in [-0.1, -0.05) is 23.8 Å². The van der Waals surface area contributed by atoms with Gasteiger partial charge in [-0.3, -0.25) is 9.10 Å². The van der Waals surface area contributed by atoms with Crippen LogP contribution in [0.5, 0.6) is 5.75 Å². The molecule has 0 radical (unpaired) electrons. The lowest BCUT2D eigenvalue weighted by atomic mass is 10.2. The van der Waals surface area contributed by atoms with Crippen molar-refractivity contribution in [2.75, 3.05) is 29.9 Å². The minimum absolute atomic E-state index is 0.0623. The number of hydrogen-bond donors (Lipinski definition) is 0. The van der Waals surface area contributed by atoms with Crippen LogP contribution in [0.4, 0.5) is 11.4 Å². The Labute approximate surface area is 147 Å². The second-order valence-electron chi connectivity index (χ2n) is 5.92. The Morgan fingerprint density at radius 2 is 1.76 bits per heavy atom. The number of para-hydroxylation sites is 1. The molecule has 0 unspecified atom stereocenters. The summed E-state index contributed by atoms with van der Waals surface area (Å²) in [6, 6.07) is 11.8. The second kappa shape index (κ2) is 6.40. The van der Waals surface area contributed by atoms with Crippen LogP contribution in [0.25, 0.3) is 0 Å². The van der Waals surface area contributed by atoms with E-state index in [1.165, 1.54) is 16.3 Å². The van der Waals surface area contributed by atoms with E-state index >= 15 is 0 Å². The fraction of sp³-hybridized carbons (Fsp3) is 0.278. The highest BCUT2D eigenvalue weighted by Gasteiger charge is 2.34. The molecule has 0 fully saturated rings. The number of sulfonamides is 1. The molecule has 0 bridgehead atoms. The summed E-state index contributed by atoms with van der Waals surface area (Å²) in [7, 11) is -0.694. The average molecular weight is 360 g/mol. The summed E-state index contributed by atoms with van der Waals surface area (Å²) in [5, 5.41) is 0. The van der Waals surface area contributed by atoms with Gasteiger partial charge in [-0.05, 0) is 31.2 Å². The zero-order valence-electron chi connectivity index (χ0n) is 14.4. The lowest BCUT2D eigenvalue weighted by molar-refractivity contribution is -0.118. The van der Waals surface area contributed by atoms with Gasteiger partial charge in [0.05, 0.1) is 17.7 Å². The number of rotatable bonds is 3. The highest BCUT2D eigenvalue weighted by atomic mass is 32.2. The van der Waals surface area contributed by atoms with Crippen molar-refractivity contribution >= 4 is 27.3 Å². The van der Waals surface area contributed by atoms with E-state index < -0.39 is 10.0 Å². The van der Waals surface area contributed by atoms with E-state index in [1.54, 1.807) is 49.5 Å². The highest BCUT2D eigenvalue weighted by molar-refractivity contribution is 7.92. The van der Waals surface area contributed by atoms with Gasteiger partial charge in [0.15, 0.2) is 0 Å². The Balaban J connectivity index is 2.21. The molecule has 2 aromatic rings. The van der Waals surface area contributed by atoms with Crippen molar-refractivity contribution in [2.24, 2.45) is 0 Å². The fourth-order valence-corrected chi connectivity index (χ4v) is 4.38. The van der Waals surface area contributed by atoms with Crippen LogP contribution in [-0.2, 0) is 14.8 Å². The molecule has 0 saturated heterocycles. The minimum atomic E-state index is -3.82. The maximum absolute atomic E-state index is 13.2. The molecule has 1 heterocycles. The number of fused-ring (bicyclic) bond motifs is 1. The van der Waals surface area contributed by atoms with Crippen molar-refractivity contribution in [2.45, 2.75) is 18.2 Å². The molecule has 0 saturated carbocycles. The summed E-state index contributed by atoms with van der Waals surface area (Å²) in [6.07, 6.45) is 0.0967. The Kier molecular flexibility index (Phi) is 4.43. The molecule has 25 heavy (non-hydrogen) atoms. The Morgan fingerprint density at radius 1 is 1.08 bits per heavy atom. The molecule has 1 amide bonds. The smallest absolute Gasteiger partial charge is 0.264 e. The molecule has 132 valence electrons. The molecule has 7 heteroatoms. The van der Waals surface area contributed by atoms with E-state index in [2.05, 4.69) is 0 Å². The number of carbonyl (C=O) groups is 1. The SMILES string of the molecule is COc1cccc2c1N(S(=O)(=O)c1ccc(C)cc1)CCC(=O)N2C. The van der Waals surface area contributed by atoms with Crippen LogP contribution in [-0.4, -0.2) is 35.0 Å². The molecular formula is C18H20N2O4S. The molecule has 2 aromatic carbocycles. The van der Waals surface area contributed by atoms with Crippen LogP contribution in [0.15, 0.2) is 47.4 Å². The number of nitrogens with zero attached hydrogens (tertiary/aromatic N) is 2. The van der Waals surface area contributed by atoms with Crippen molar-refractivity contribution in [3.05, 3.63) is 48.0 Å². The summed E-state index contributed by atoms with van der Waals surface area (Å²) >= 11 is 0. The molecule has 0 aromatic heterocycles. The first-order valence-electron chi connectivity index (χ1n) is 7.89. The predicted octanol–water partition coefficient (Wildman–Crippen LogP) is 2.57. The van der Waals surface area contributed by atoms with E-state index in [4.69, 9.17) is 4.74 Å². The summed E-state index contributed by atoms with van der Waals surface area (Å²) in [5.41, 5.74) is 1.87. The van der Waals surface area contributed by atoms with Crippen LogP contribution in [0.3, 0.4) is 0 Å². The van der Waals surface area contributed by atoms with E-state index in [-0.39, 0.29) is 23.8 Å². The number of anilines is 2. The summed E-state index contributed by atoms with van der Waals surface area (Å²) in [4.78, 5) is 14.0. The zero-order chi connectivity index (χ0) is 18.2. The third-order valence-electron chi connectivity index (χ3n) is 4.32. The van der Waals surface area contributed by atoms with Crippen LogP contribution in [0.1, 0.15) is 12.0 Å². The molecule has 6 nitrogen and oxygen atoms in total. The van der Waals surface area contributed by atoms with Gasteiger partial charge in [0.2, 0.25) is 5.91 Å². The predicted molar refractivity (Wildman–Crippen MR) is 96.7 cm³/mol. The second-order valence-corrected chi connectivity index (χ2v) is 7.78. The van der Waals surface area contributed by atoms with Gasteiger partial charge in [0.1, 0.15) is 11.4 Å². The van der Waals surface area contributed by atoms with Crippen molar-refractivity contribution in [1.29, 1.82) is 0 Å². The summed E-state index contributed by atoms with van der Waals surface area (Å²) in [5.74, 6) is 0.269. The standard InChI is InChI=1S/C18H20N2O4S/c1-13-7-9-14(10-8-13)25(22,23)20-12-11-17(21)19(2)15-5-4-6-16(24-3)18(15)20/h4-10H,11-12H2,1-3H3. The van der Waals surface area contributed by atoms with Crippen LogP contribution >= 0.6 is 0 Å². The number of benzene rings is 2. The largest absolute Gasteiger partial charge is 0.494 e. The Morgan fingerprint density at radius 3 is 2.40 bits per heavy atom. The minimum Gasteiger partial charge on any atom is -0.494 e. The first kappa shape index (κ1) is 17.3. The molecule has 0 aliphatic carbocycles. The monoisotopic (exact) mass is 360 g/mol. The van der Waals surface area contributed by atoms with Crippen LogP contribution in [0.2, 0.25) is 0 Å². The Hall–Kier alpha value is -2.54. The first-order valence-corrected chi connectivity index (χ1v) is 9.33. The van der Waals surface area contributed by atoms with Gasteiger partial charge in [-0.25, -0.2) is 8.42 Å². The topological polar surface area (TPSA) is 66.9 Å². The maximum Gasteiger partial charge on any atom is 0.264 e. The molecule has 1 aliphatic rings. The quantitative estimate of drug-likeness (QED) is 0.844. The van der Waals surface area contributed by atoms with Crippen LogP contribution < -0.4 is 13.9 Å². The maximum atomic E-state index is 13.2. The number of carbonyl (C=O) groups excluding carboxylic acids is 1. The number of ether oxygens (including phenoxy) is 1. The third-order valence-corrected chi connectivity index (χ3v) is 6.13. The van der Waals surface area contributed by atoms with Gasteiger partial charge in [-0.2, -0.15) is 0 Å². The van der Waals surface area contributed by atoms with Crippen molar-refractivity contribution < 1.29 is 17.9 Å². The number of aryl methyl sites for hydroxylation is 1.